The van der Waals surface area contributed by atoms with Crippen LogP contribution in [0.5, 0.6) is 0 Å². The number of hydrogen-bond donors (Lipinski definition) is 0. The fraction of sp³-hybridized carbons (Fsp3) is 0.381. The Labute approximate surface area is 148 Å². The van der Waals surface area contributed by atoms with Gasteiger partial charge in [0.1, 0.15) is 11.0 Å². The van der Waals surface area contributed by atoms with Gasteiger partial charge in [0.05, 0.1) is 23.9 Å². The third kappa shape index (κ3) is 2.66. The van der Waals surface area contributed by atoms with Crippen LogP contribution in [0.3, 0.4) is 0 Å². The number of nitrogens with zero attached hydrogens (tertiary/aromatic N) is 4. The number of unbranched alkanes of at least 4 members (excludes halogenated alkanes) is 2. The van der Waals surface area contributed by atoms with E-state index in [1.54, 1.807) is 0 Å². The van der Waals surface area contributed by atoms with Crippen LogP contribution in [-0.4, -0.2) is 14.5 Å². The Hall–Kier alpha value is -2.49. The smallest absolute Gasteiger partial charge is 0.244 e. The van der Waals surface area contributed by atoms with Gasteiger partial charge in [0.25, 0.3) is 0 Å². The van der Waals surface area contributed by atoms with Gasteiger partial charge >= 0.3 is 0 Å². The predicted molar refractivity (Wildman–Crippen MR) is 103 cm³/mol. The van der Waals surface area contributed by atoms with E-state index in [0.717, 1.165) is 24.1 Å². The van der Waals surface area contributed by atoms with Gasteiger partial charge in [-0.05, 0) is 37.1 Å². The lowest BCUT2D eigenvalue weighted by Gasteiger charge is -2.05. The van der Waals surface area contributed by atoms with E-state index >= 15 is 0 Å². The van der Waals surface area contributed by atoms with E-state index < -0.39 is 0 Å². The predicted octanol–water partition coefficient (Wildman–Crippen LogP) is 4.63. The summed E-state index contributed by atoms with van der Waals surface area (Å²) < 4.78 is 4.84. The molecule has 0 aliphatic heterocycles. The van der Waals surface area contributed by atoms with Gasteiger partial charge in [-0.3, -0.25) is 9.97 Å². The molecule has 4 rings (SSSR count). The second-order valence-electron chi connectivity index (χ2n) is 6.71. The molecule has 0 amide bonds. The summed E-state index contributed by atoms with van der Waals surface area (Å²) in [5.41, 5.74) is 4.61. The van der Waals surface area contributed by atoms with Crippen molar-refractivity contribution in [3.05, 3.63) is 43.0 Å². The molecule has 0 aliphatic carbocycles. The highest BCUT2D eigenvalue weighted by molar-refractivity contribution is 6.19. The molecule has 0 unspecified atom stereocenters. The van der Waals surface area contributed by atoms with Crippen LogP contribution >= 0.6 is 0 Å². The van der Waals surface area contributed by atoms with E-state index in [1.165, 1.54) is 47.5 Å². The van der Waals surface area contributed by atoms with E-state index in [-0.39, 0.29) is 0 Å². The monoisotopic (exact) mass is 333 g/mol. The number of aryl methyl sites for hydroxylation is 2. The molecule has 4 nitrogen and oxygen atoms in total. The lowest BCUT2D eigenvalue weighted by molar-refractivity contribution is -0.671. The van der Waals surface area contributed by atoms with Crippen LogP contribution in [0.1, 0.15) is 39.5 Å². The Morgan fingerprint density at radius 3 is 2.32 bits per heavy atom. The van der Waals surface area contributed by atoms with Gasteiger partial charge in [-0.25, -0.2) is 9.13 Å². The Morgan fingerprint density at radius 2 is 1.60 bits per heavy atom. The molecule has 0 fully saturated rings. The summed E-state index contributed by atoms with van der Waals surface area (Å²) in [5, 5.41) is 2.41. The first-order chi connectivity index (χ1) is 12.3. The van der Waals surface area contributed by atoms with Crippen LogP contribution in [0.15, 0.2) is 43.0 Å². The fourth-order valence-electron chi connectivity index (χ4n) is 3.69. The largest absolute Gasteiger partial charge is 0.254 e. The van der Waals surface area contributed by atoms with Gasteiger partial charge in [-0.15, -0.1) is 0 Å². The van der Waals surface area contributed by atoms with Gasteiger partial charge in [0.2, 0.25) is 6.33 Å². The third-order valence-electron chi connectivity index (χ3n) is 4.93. The molecule has 4 aromatic rings. The molecule has 0 bridgehead atoms. The van der Waals surface area contributed by atoms with Gasteiger partial charge < -0.3 is 0 Å². The van der Waals surface area contributed by atoms with Crippen molar-refractivity contribution in [3.63, 3.8) is 0 Å². The number of aromatic nitrogens is 4. The van der Waals surface area contributed by atoms with Gasteiger partial charge in [-0.1, -0.05) is 26.7 Å². The molecule has 4 heteroatoms. The first kappa shape index (κ1) is 16.0. The van der Waals surface area contributed by atoms with Crippen LogP contribution in [0.4, 0.5) is 0 Å². The van der Waals surface area contributed by atoms with Gasteiger partial charge in [0, 0.05) is 12.4 Å². The summed E-state index contributed by atoms with van der Waals surface area (Å²) >= 11 is 0. The summed E-state index contributed by atoms with van der Waals surface area (Å²) in [6.45, 7) is 6.58. The molecular weight excluding hydrogens is 308 g/mol. The number of fused-ring (bicyclic) bond motifs is 6. The molecule has 0 spiro atoms. The van der Waals surface area contributed by atoms with Crippen molar-refractivity contribution >= 4 is 32.8 Å². The lowest BCUT2D eigenvalue weighted by atomic mass is 10.1. The fourth-order valence-corrected chi connectivity index (χ4v) is 3.69. The summed E-state index contributed by atoms with van der Waals surface area (Å²) in [4.78, 5) is 9.33. The topological polar surface area (TPSA) is 34.6 Å². The SMILES string of the molecule is CCCCn1c[n+](CCCC)c2c3cccnc3c3ncccc3c21. The number of imidazole rings is 1. The average Bonchev–Trinajstić information content (AvgIpc) is 3.04. The van der Waals surface area contributed by atoms with E-state index in [2.05, 4.69) is 51.4 Å². The molecule has 0 saturated heterocycles. The van der Waals surface area contributed by atoms with Crippen molar-refractivity contribution in [1.82, 2.24) is 14.5 Å². The minimum atomic E-state index is 1.00. The third-order valence-corrected chi connectivity index (χ3v) is 4.93. The molecule has 0 radical (unpaired) electrons. The summed E-state index contributed by atoms with van der Waals surface area (Å²) in [6, 6.07) is 8.44. The maximum Gasteiger partial charge on any atom is 0.244 e. The zero-order valence-electron chi connectivity index (χ0n) is 15.1. The Balaban J connectivity index is 2.13. The lowest BCUT2D eigenvalue weighted by Crippen LogP contribution is -2.32. The van der Waals surface area contributed by atoms with Crippen LogP contribution in [0.25, 0.3) is 32.8 Å². The highest BCUT2D eigenvalue weighted by Crippen LogP contribution is 2.31. The molecule has 0 saturated carbocycles. The van der Waals surface area contributed by atoms with Crippen molar-refractivity contribution in [2.24, 2.45) is 0 Å². The van der Waals surface area contributed by atoms with Gasteiger partial charge in [-0.2, -0.15) is 0 Å². The maximum atomic E-state index is 4.67. The summed E-state index contributed by atoms with van der Waals surface area (Å²) in [5.74, 6) is 0. The average molecular weight is 333 g/mol. The van der Waals surface area contributed by atoms with Crippen molar-refractivity contribution in [3.8, 4) is 0 Å². The molecule has 3 aromatic heterocycles. The van der Waals surface area contributed by atoms with E-state index in [4.69, 9.17) is 0 Å². The molecule has 1 aromatic carbocycles. The maximum absolute atomic E-state index is 4.67. The zero-order chi connectivity index (χ0) is 17.2. The number of rotatable bonds is 6. The number of pyridine rings is 2. The summed E-state index contributed by atoms with van der Waals surface area (Å²) in [7, 11) is 0. The number of benzene rings is 1. The van der Waals surface area contributed by atoms with Crippen LogP contribution in [-0.2, 0) is 13.1 Å². The Kier molecular flexibility index (Phi) is 4.35. The molecule has 0 N–H and O–H groups in total. The second-order valence-corrected chi connectivity index (χ2v) is 6.71. The van der Waals surface area contributed by atoms with E-state index in [9.17, 15) is 0 Å². The molecular formula is C21H25N4+. The standard InChI is InChI=1S/C21H25N4/c1-3-5-13-24-15-25(14-6-4-2)21-17-10-8-12-23-19(17)18-16(20(21)24)9-7-11-22-18/h7-12,15H,3-6,13-14H2,1-2H3/q+1. The van der Waals surface area contributed by atoms with Crippen molar-refractivity contribution in [2.45, 2.75) is 52.6 Å². The van der Waals surface area contributed by atoms with Crippen LogP contribution in [0, 0.1) is 0 Å². The van der Waals surface area contributed by atoms with Crippen LogP contribution in [0.2, 0.25) is 0 Å². The Morgan fingerprint density at radius 1 is 0.920 bits per heavy atom. The summed E-state index contributed by atoms with van der Waals surface area (Å²) in [6.07, 6.45) is 10.8. The van der Waals surface area contributed by atoms with Crippen molar-refractivity contribution in [1.29, 1.82) is 0 Å². The molecule has 25 heavy (non-hydrogen) atoms. The first-order valence-electron chi connectivity index (χ1n) is 9.38. The highest BCUT2D eigenvalue weighted by Gasteiger charge is 2.23. The van der Waals surface area contributed by atoms with Crippen molar-refractivity contribution < 1.29 is 4.57 Å². The highest BCUT2D eigenvalue weighted by atomic mass is 15.1. The van der Waals surface area contributed by atoms with E-state index in [0.29, 0.717) is 0 Å². The quantitative estimate of drug-likeness (QED) is 0.381. The van der Waals surface area contributed by atoms with Gasteiger partial charge in [0.15, 0.2) is 11.0 Å². The zero-order valence-corrected chi connectivity index (χ0v) is 15.1. The minimum Gasteiger partial charge on any atom is -0.254 e. The second kappa shape index (κ2) is 6.79. The van der Waals surface area contributed by atoms with E-state index in [1.807, 2.05) is 24.5 Å². The normalized spacial score (nSPS) is 11.8. The molecule has 3 heterocycles. The first-order valence-corrected chi connectivity index (χ1v) is 9.38. The van der Waals surface area contributed by atoms with Crippen molar-refractivity contribution in [2.75, 3.05) is 0 Å². The van der Waals surface area contributed by atoms with Crippen LogP contribution < -0.4 is 4.57 Å². The number of hydrogen-bond acceptors (Lipinski definition) is 2. The minimum absolute atomic E-state index is 1.00. The molecule has 0 aliphatic rings. The Bertz CT molecular complexity index is 951. The molecule has 0 atom stereocenters. The molecule has 128 valence electrons.